The number of halogens is 1. The molecule has 1 aromatic heterocycles. The Labute approximate surface area is 138 Å². The van der Waals surface area contributed by atoms with Gasteiger partial charge < -0.3 is 5.32 Å². The van der Waals surface area contributed by atoms with Gasteiger partial charge in [-0.05, 0) is 34.0 Å². The predicted octanol–water partition coefficient (Wildman–Crippen LogP) is 3.83. The summed E-state index contributed by atoms with van der Waals surface area (Å²) in [5, 5.41) is 14.6. The number of hydrogen-bond acceptors (Lipinski definition) is 3. The number of nitrogens with one attached hydrogen (secondary N) is 2. The number of rotatable bonds is 4. The third-order valence-electron chi connectivity index (χ3n) is 3.00. The molecule has 112 valence electrons. The molecule has 1 aromatic carbocycles. The number of aliphatic imine (C=N–C) groups is 1. The Kier molecular flexibility index (Phi) is 5.92. The summed E-state index contributed by atoms with van der Waals surface area (Å²) in [6.45, 7) is 2.06. The Morgan fingerprint density at radius 2 is 2.14 bits per heavy atom. The summed E-state index contributed by atoms with van der Waals surface area (Å²) in [6.07, 6.45) is 6.10. The first-order valence-electron chi connectivity index (χ1n) is 6.88. The van der Waals surface area contributed by atoms with E-state index in [4.69, 9.17) is 5.26 Å². The molecule has 0 saturated carbocycles. The number of benzene rings is 1. The molecule has 2 N–H and O–H groups in total. The van der Waals surface area contributed by atoms with Crippen LogP contribution in [0.3, 0.4) is 0 Å². The van der Waals surface area contributed by atoms with E-state index in [1.807, 2.05) is 42.6 Å². The maximum atomic E-state index is 8.92. The zero-order valence-corrected chi connectivity index (χ0v) is 13.7. The molecule has 0 fully saturated rings. The van der Waals surface area contributed by atoms with Gasteiger partial charge in [0.25, 0.3) is 0 Å². The monoisotopic (exact) mass is 357 g/mol. The van der Waals surface area contributed by atoms with Crippen molar-refractivity contribution in [3.05, 3.63) is 58.8 Å². The minimum Gasteiger partial charge on any atom is -0.324 e. The van der Waals surface area contributed by atoms with Gasteiger partial charge >= 0.3 is 0 Å². The van der Waals surface area contributed by atoms with Gasteiger partial charge in [-0.25, -0.2) is 4.99 Å². The van der Waals surface area contributed by atoms with Gasteiger partial charge in [-0.1, -0.05) is 37.3 Å². The average Bonchev–Trinajstić information content (AvgIpc) is 2.53. The number of aromatic nitrogens is 1. The summed E-state index contributed by atoms with van der Waals surface area (Å²) in [6, 6.07) is 11.8. The van der Waals surface area contributed by atoms with E-state index in [1.54, 1.807) is 12.4 Å². The van der Waals surface area contributed by atoms with Gasteiger partial charge in [0.05, 0.1) is 17.9 Å². The molecule has 6 heteroatoms. The molecule has 0 unspecified atom stereocenters. The Hall–Kier alpha value is -2.39. The van der Waals surface area contributed by atoms with Crippen LogP contribution in [0.25, 0.3) is 0 Å². The molecule has 0 aliphatic rings. The summed E-state index contributed by atoms with van der Waals surface area (Å²) in [4.78, 5) is 8.69. The summed E-state index contributed by atoms with van der Waals surface area (Å²) < 4.78 is 0.851. The highest BCUT2D eigenvalue weighted by Crippen LogP contribution is 2.21. The van der Waals surface area contributed by atoms with Crippen LogP contribution in [0.5, 0.6) is 0 Å². The Bertz CT molecular complexity index is 678. The van der Waals surface area contributed by atoms with E-state index in [0.717, 1.165) is 22.1 Å². The minimum absolute atomic E-state index is 0.0235. The number of nitrogens with zero attached hydrogens (tertiary/aromatic N) is 3. The topological polar surface area (TPSA) is 73.1 Å². The fourth-order valence-corrected chi connectivity index (χ4v) is 2.36. The van der Waals surface area contributed by atoms with Crippen molar-refractivity contribution in [1.82, 2.24) is 10.3 Å². The van der Waals surface area contributed by atoms with Crippen molar-refractivity contribution in [2.45, 2.75) is 19.4 Å². The van der Waals surface area contributed by atoms with E-state index < -0.39 is 0 Å². The van der Waals surface area contributed by atoms with Crippen LogP contribution in [0.4, 0.5) is 5.69 Å². The molecule has 0 spiro atoms. The van der Waals surface area contributed by atoms with E-state index in [-0.39, 0.29) is 6.04 Å². The van der Waals surface area contributed by atoms with Crippen LogP contribution in [0.15, 0.2) is 58.3 Å². The fraction of sp³-hybridized carbons (Fsp3) is 0.188. The molecule has 0 bridgehead atoms. The van der Waals surface area contributed by atoms with Crippen LogP contribution >= 0.6 is 15.9 Å². The number of anilines is 1. The van der Waals surface area contributed by atoms with Gasteiger partial charge in [-0.15, -0.1) is 0 Å². The first-order valence-corrected chi connectivity index (χ1v) is 7.67. The van der Waals surface area contributed by atoms with Gasteiger partial charge in [0, 0.05) is 10.7 Å². The van der Waals surface area contributed by atoms with E-state index in [0.29, 0.717) is 5.96 Å². The van der Waals surface area contributed by atoms with Crippen molar-refractivity contribution in [2.75, 3.05) is 5.32 Å². The second-order valence-corrected chi connectivity index (χ2v) is 5.48. The smallest absolute Gasteiger partial charge is 0.209 e. The van der Waals surface area contributed by atoms with E-state index in [9.17, 15) is 0 Å². The highest BCUT2D eigenvalue weighted by molar-refractivity contribution is 9.10. The highest BCUT2D eigenvalue weighted by Gasteiger charge is 2.09. The molecule has 22 heavy (non-hydrogen) atoms. The first-order chi connectivity index (χ1) is 10.7. The zero-order chi connectivity index (χ0) is 15.8. The molecule has 2 rings (SSSR count). The van der Waals surface area contributed by atoms with Crippen LogP contribution in [0, 0.1) is 11.5 Å². The summed E-state index contributed by atoms with van der Waals surface area (Å²) in [5.74, 6) is 0.401. The third-order valence-corrected chi connectivity index (χ3v) is 3.43. The third kappa shape index (κ3) is 4.57. The maximum Gasteiger partial charge on any atom is 0.209 e. The molecule has 0 radical (unpaired) electrons. The van der Waals surface area contributed by atoms with Gasteiger partial charge in [-0.3, -0.25) is 10.3 Å². The van der Waals surface area contributed by atoms with Crippen molar-refractivity contribution in [1.29, 1.82) is 5.26 Å². The lowest BCUT2D eigenvalue weighted by atomic mass is 10.1. The van der Waals surface area contributed by atoms with Crippen molar-refractivity contribution >= 4 is 27.6 Å². The molecular weight excluding hydrogens is 342 g/mol. The van der Waals surface area contributed by atoms with E-state index in [1.165, 1.54) is 0 Å². The quantitative estimate of drug-likeness (QED) is 0.377. The number of nitriles is 1. The molecule has 5 nitrogen and oxygen atoms in total. The highest BCUT2D eigenvalue weighted by atomic mass is 79.9. The Morgan fingerprint density at radius 3 is 2.77 bits per heavy atom. The molecule has 0 aliphatic carbocycles. The largest absolute Gasteiger partial charge is 0.324 e. The molecule has 0 aliphatic heterocycles. The summed E-state index contributed by atoms with van der Waals surface area (Å²) in [5.41, 5.74) is 1.86. The van der Waals surface area contributed by atoms with Gasteiger partial charge in [0.1, 0.15) is 0 Å². The lowest BCUT2D eigenvalue weighted by Gasteiger charge is -2.14. The van der Waals surface area contributed by atoms with Crippen LogP contribution in [-0.4, -0.2) is 10.9 Å². The molecule has 0 saturated heterocycles. The molecule has 2 aromatic rings. The number of guanidine groups is 1. The van der Waals surface area contributed by atoms with E-state index in [2.05, 4.69) is 43.5 Å². The van der Waals surface area contributed by atoms with Crippen LogP contribution in [0.2, 0.25) is 0 Å². The SMILES string of the molecule is CC[C@@H](N=C(NC#N)Nc1cncc(Br)c1)c1ccccc1. The number of hydrogen-bond donors (Lipinski definition) is 2. The van der Waals surface area contributed by atoms with Crippen molar-refractivity contribution < 1.29 is 0 Å². The average molecular weight is 358 g/mol. The Balaban J connectivity index is 2.24. The van der Waals surface area contributed by atoms with Crippen molar-refractivity contribution in [3.8, 4) is 6.19 Å². The van der Waals surface area contributed by atoms with Crippen molar-refractivity contribution in [3.63, 3.8) is 0 Å². The number of pyridine rings is 1. The first kappa shape index (κ1) is 16.0. The molecular formula is C16H16BrN5. The maximum absolute atomic E-state index is 8.92. The molecule has 1 heterocycles. The summed E-state index contributed by atoms with van der Waals surface area (Å²) >= 11 is 3.36. The van der Waals surface area contributed by atoms with Crippen LogP contribution in [-0.2, 0) is 0 Å². The van der Waals surface area contributed by atoms with Crippen LogP contribution < -0.4 is 10.6 Å². The standard InChI is InChI=1S/C16H16BrN5/c1-2-15(12-6-4-3-5-7-12)22-16(20-11-18)21-14-8-13(17)9-19-10-14/h3-10,15H,2H2,1H3,(H2,20,21,22)/t15-/m1/s1. The minimum atomic E-state index is -0.0235. The molecule has 1 atom stereocenters. The zero-order valence-electron chi connectivity index (χ0n) is 12.1. The van der Waals surface area contributed by atoms with Gasteiger partial charge in [0.15, 0.2) is 6.19 Å². The summed E-state index contributed by atoms with van der Waals surface area (Å²) in [7, 11) is 0. The van der Waals surface area contributed by atoms with Gasteiger partial charge in [-0.2, -0.15) is 5.26 Å². The second-order valence-electron chi connectivity index (χ2n) is 4.57. The van der Waals surface area contributed by atoms with Crippen LogP contribution in [0.1, 0.15) is 24.9 Å². The lowest BCUT2D eigenvalue weighted by molar-refractivity contribution is 0.698. The van der Waals surface area contributed by atoms with Crippen molar-refractivity contribution in [2.24, 2.45) is 4.99 Å². The van der Waals surface area contributed by atoms with E-state index >= 15 is 0 Å². The normalized spacial score (nSPS) is 12.3. The van der Waals surface area contributed by atoms with Gasteiger partial charge in [0.2, 0.25) is 5.96 Å². The fourth-order valence-electron chi connectivity index (χ4n) is 2.00. The lowest BCUT2D eigenvalue weighted by Crippen LogP contribution is -2.27. The molecule has 0 amide bonds. The predicted molar refractivity (Wildman–Crippen MR) is 91.2 cm³/mol. The second kappa shape index (κ2) is 8.15. The Morgan fingerprint density at radius 1 is 1.36 bits per heavy atom.